The Hall–Kier alpha value is -1.52. The molecule has 0 aromatic heterocycles. The second-order valence-corrected chi connectivity index (χ2v) is 2.68. The van der Waals surface area contributed by atoms with Crippen LogP contribution in [0.1, 0.15) is 13.8 Å². The molecule has 0 aromatic carbocycles. The van der Waals surface area contributed by atoms with Crippen molar-refractivity contribution in [3.63, 3.8) is 0 Å². The number of rotatable bonds is 1. The number of Topliss-reactive ketones (excluding diaryl/α,β-unsaturated/α-hetero) is 1. The van der Waals surface area contributed by atoms with E-state index in [1.165, 1.54) is 13.8 Å². The van der Waals surface area contributed by atoms with E-state index in [4.69, 9.17) is 9.84 Å². The second kappa shape index (κ2) is 3.47. The summed E-state index contributed by atoms with van der Waals surface area (Å²) in [6.07, 6.45) is -1.01. The number of carbonyl (C=O) groups excluding carboxylic acids is 2. The van der Waals surface area contributed by atoms with Crippen LogP contribution in [0.3, 0.4) is 0 Å². The standard InChI is InChI=1S/C8H10O5/c1-4-7(10)8(11)6(3-12-4)13-5(2)9/h6,10H,3H2,1-2H3. The molecule has 1 rings (SSSR count). The maximum absolute atomic E-state index is 11.2. The molecular formula is C8H10O5. The van der Waals surface area contributed by atoms with Crippen molar-refractivity contribution in [1.29, 1.82) is 0 Å². The quantitative estimate of drug-likeness (QED) is 0.596. The molecule has 1 N–H and O–H groups in total. The van der Waals surface area contributed by atoms with Gasteiger partial charge in [-0.2, -0.15) is 0 Å². The normalized spacial score (nSPS) is 22.6. The molecule has 13 heavy (non-hydrogen) atoms. The number of aliphatic hydroxyl groups is 1. The summed E-state index contributed by atoms with van der Waals surface area (Å²) in [7, 11) is 0. The highest BCUT2D eigenvalue weighted by molar-refractivity contribution is 5.98. The summed E-state index contributed by atoms with van der Waals surface area (Å²) in [5, 5.41) is 9.14. The SMILES string of the molecule is CC(=O)OC1COC(C)=C(O)C1=O. The molecule has 72 valence electrons. The van der Waals surface area contributed by atoms with E-state index in [-0.39, 0.29) is 12.4 Å². The summed E-state index contributed by atoms with van der Waals surface area (Å²) in [5.41, 5.74) is 0. The highest BCUT2D eigenvalue weighted by Crippen LogP contribution is 2.15. The number of esters is 1. The average Bonchev–Trinajstić information content (AvgIpc) is 2.06. The van der Waals surface area contributed by atoms with Gasteiger partial charge in [0.1, 0.15) is 12.4 Å². The Morgan fingerprint density at radius 2 is 2.31 bits per heavy atom. The molecule has 0 radical (unpaired) electrons. The summed E-state index contributed by atoms with van der Waals surface area (Å²) < 4.78 is 9.52. The predicted octanol–water partition coefficient (Wildman–Crippen LogP) is 0.307. The first-order valence-electron chi connectivity index (χ1n) is 3.76. The molecule has 0 fully saturated rings. The summed E-state index contributed by atoms with van der Waals surface area (Å²) >= 11 is 0. The highest BCUT2D eigenvalue weighted by Gasteiger charge is 2.31. The van der Waals surface area contributed by atoms with E-state index in [0.717, 1.165) is 0 Å². The fraction of sp³-hybridized carbons (Fsp3) is 0.500. The zero-order valence-electron chi connectivity index (χ0n) is 7.36. The molecule has 1 aliphatic heterocycles. The van der Waals surface area contributed by atoms with Gasteiger partial charge < -0.3 is 14.6 Å². The van der Waals surface area contributed by atoms with Gasteiger partial charge in [0.25, 0.3) is 0 Å². The van der Waals surface area contributed by atoms with Crippen LogP contribution in [0.25, 0.3) is 0 Å². The maximum atomic E-state index is 11.2. The molecule has 5 nitrogen and oxygen atoms in total. The molecule has 1 unspecified atom stereocenters. The molecule has 1 aliphatic rings. The fourth-order valence-corrected chi connectivity index (χ4v) is 0.959. The highest BCUT2D eigenvalue weighted by atomic mass is 16.6. The van der Waals surface area contributed by atoms with Gasteiger partial charge in [-0.05, 0) is 6.92 Å². The Kier molecular flexibility index (Phi) is 2.55. The molecule has 0 aliphatic carbocycles. The lowest BCUT2D eigenvalue weighted by Crippen LogP contribution is -2.36. The van der Waals surface area contributed by atoms with Crippen molar-refractivity contribution in [1.82, 2.24) is 0 Å². The summed E-state index contributed by atoms with van der Waals surface area (Å²) in [6, 6.07) is 0. The van der Waals surface area contributed by atoms with Gasteiger partial charge in [0.05, 0.1) is 0 Å². The minimum Gasteiger partial charge on any atom is -0.502 e. The van der Waals surface area contributed by atoms with Gasteiger partial charge in [-0.15, -0.1) is 0 Å². The third kappa shape index (κ3) is 1.99. The number of carbonyl (C=O) groups is 2. The Morgan fingerprint density at radius 1 is 1.69 bits per heavy atom. The predicted molar refractivity (Wildman–Crippen MR) is 41.8 cm³/mol. The van der Waals surface area contributed by atoms with Crippen molar-refractivity contribution in [3.8, 4) is 0 Å². The largest absolute Gasteiger partial charge is 0.502 e. The van der Waals surface area contributed by atoms with E-state index in [1.807, 2.05) is 0 Å². The number of ether oxygens (including phenoxy) is 2. The van der Waals surface area contributed by atoms with Crippen LogP contribution in [0, 0.1) is 0 Å². The molecular weight excluding hydrogens is 176 g/mol. The van der Waals surface area contributed by atoms with Crippen molar-refractivity contribution in [2.75, 3.05) is 6.61 Å². The average molecular weight is 186 g/mol. The summed E-state index contributed by atoms with van der Waals surface area (Å²) in [6.45, 7) is 2.63. The molecule has 0 saturated heterocycles. The molecule has 0 spiro atoms. The van der Waals surface area contributed by atoms with Crippen molar-refractivity contribution in [2.24, 2.45) is 0 Å². The Morgan fingerprint density at radius 3 is 2.85 bits per heavy atom. The first-order valence-corrected chi connectivity index (χ1v) is 3.76. The minimum atomic E-state index is -1.01. The van der Waals surface area contributed by atoms with Gasteiger partial charge in [0, 0.05) is 6.92 Å². The molecule has 5 heteroatoms. The first-order chi connectivity index (χ1) is 6.02. The van der Waals surface area contributed by atoms with Crippen LogP contribution < -0.4 is 0 Å². The smallest absolute Gasteiger partial charge is 0.303 e. The van der Waals surface area contributed by atoms with Crippen LogP contribution in [0.4, 0.5) is 0 Å². The van der Waals surface area contributed by atoms with Crippen LogP contribution in [0.15, 0.2) is 11.5 Å². The number of hydrogen-bond donors (Lipinski definition) is 1. The van der Waals surface area contributed by atoms with Gasteiger partial charge in [0.15, 0.2) is 0 Å². The Bertz CT molecular complexity index is 278. The maximum Gasteiger partial charge on any atom is 0.303 e. The third-order valence-electron chi connectivity index (χ3n) is 1.62. The second-order valence-electron chi connectivity index (χ2n) is 2.68. The van der Waals surface area contributed by atoms with Crippen LogP contribution in [0.5, 0.6) is 0 Å². The molecule has 1 atom stereocenters. The van der Waals surface area contributed by atoms with E-state index in [0.29, 0.717) is 0 Å². The van der Waals surface area contributed by atoms with Gasteiger partial charge >= 0.3 is 5.97 Å². The molecule has 0 saturated carbocycles. The van der Waals surface area contributed by atoms with Crippen LogP contribution in [-0.4, -0.2) is 29.6 Å². The lowest BCUT2D eigenvalue weighted by molar-refractivity contribution is -0.157. The number of allylic oxidation sites excluding steroid dienone is 1. The van der Waals surface area contributed by atoms with Crippen LogP contribution in [0.2, 0.25) is 0 Å². The van der Waals surface area contributed by atoms with Crippen LogP contribution >= 0.6 is 0 Å². The van der Waals surface area contributed by atoms with Crippen molar-refractivity contribution in [3.05, 3.63) is 11.5 Å². The van der Waals surface area contributed by atoms with Gasteiger partial charge in [0.2, 0.25) is 17.6 Å². The third-order valence-corrected chi connectivity index (χ3v) is 1.62. The van der Waals surface area contributed by atoms with Crippen LogP contribution in [-0.2, 0) is 19.1 Å². The molecule has 0 bridgehead atoms. The number of hydrogen-bond acceptors (Lipinski definition) is 5. The van der Waals surface area contributed by atoms with Crippen molar-refractivity contribution < 1.29 is 24.2 Å². The summed E-state index contributed by atoms with van der Waals surface area (Å²) in [4.78, 5) is 21.7. The van der Waals surface area contributed by atoms with E-state index in [2.05, 4.69) is 4.74 Å². The number of ketones is 1. The molecule has 0 amide bonds. The van der Waals surface area contributed by atoms with Crippen molar-refractivity contribution in [2.45, 2.75) is 20.0 Å². The summed E-state index contributed by atoms with van der Waals surface area (Å²) in [5.74, 6) is -1.50. The lowest BCUT2D eigenvalue weighted by atomic mass is 10.1. The Labute approximate surface area is 74.9 Å². The van der Waals surface area contributed by atoms with Gasteiger partial charge in [-0.25, -0.2) is 0 Å². The molecule has 0 aromatic rings. The Balaban J connectivity index is 2.74. The topological polar surface area (TPSA) is 72.8 Å². The van der Waals surface area contributed by atoms with E-state index >= 15 is 0 Å². The number of aliphatic hydroxyl groups excluding tert-OH is 1. The van der Waals surface area contributed by atoms with Gasteiger partial charge in [-0.3, -0.25) is 9.59 Å². The van der Waals surface area contributed by atoms with E-state index < -0.39 is 23.6 Å². The van der Waals surface area contributed by atoms with E-state index in [9.17, 15) is 9.59 Å². The van der Waals surface area contributed by atoms with E-state index in [1.54, 1.807) is 0 Å². The zero-order chi connectivity index (χ0) is 10.0. The first kappa shape index (κ1) is 9.57. The molecule has 1 heterocycles. The zero-order valence-corrected chi connectivity index (χ0v) is 7.36. The fourth-order valence-electron chi connectivity index (χ4n) is 0.959. The minimum absolute atomic E-state index is 0.0334. The van der Waals surface area contributed by atoms with Crippen molar-refractivity contribution >= 4 is 11.8 Å². The lowest BCUT2D eigenvalue weighted by Gasteiger charge is -2.21. The monoisotopic (exact) mass is 186 g/mol. The van der Waals surface area contributed by atoms with Gasteiger partial charge in [-0.1, -0.05) is 0 Å².